The standard InChI is InChI=1S/C28H31N4O7PS/c1-20-24(29-28(41-20)31-11-13-37-14-12-31)19-38-25-9-8-21(16-26(25)36-2)18-39-27-22(10-15-40(33,34)35)17-32(30-27)23-6-4-3-5-7-23/h3-10,15-17H,11-14,18-19H2,1-2H3,(H2,33,34,35). The molecule has 2 aromatic carbocycles. The van der Waals surface area contributed by atoms with E-state index in [-0.39, 0.29) is 12.5 Å². The van der Waals surface area contributed by atoms with E-state index in [1.54, 1.807) is 29.3 Å². The average molecular weight is 599 g/mol. The molecule has 0 atom stereocenters. The normalized spacial score (nSPS) is 14.0. The second kappa shape index (κ2) is 12.9. The van der Waals surface area contributed by atoms with Gasteiger partial charge in [0.1, 0.15) is 13.2 Å². The minimum Gasteiger partial charge on any atom is -0.493 e. The number of nitrogens with zero attached hydrogens (tertiary/aromatic N) is 4. The first-order valence-electron chi connectivity index (χ1n) is 12.9. The third-order valence-electron chi connectivity index (χ3n) is 6.31. The average Bonchev–Trinajstić information content (AvgIpc) is 3.57. The van der Waals surface area contributed by atoms with E-state index in [0.29, 0.717) is 36.9 Å². The second-order valence-electron chi connectivity index (χ2n) is 9.24. The van der Waals surface area contributed by atoms with Crippen LogP contribution in [0.4, 0.5) is 5.13 Å². The van der Waals surface area contributed by atoms with Crippen LogP contribution in [-0.2, 0) is 22.5 Å². The minimum absolute atomic E-state index is 0.146. The number of rotatable bonds is 11. The highest BCUT2D eigenvalue weighted by Crippen LogP contribution is 2.38. The van der Waals surface area contributed by atoms with Crippen LogP contribution < -0.4 is 19.1 Å². The number of morpholine rings is 1. The van der Waals surface area contributed by atoms with Crippen LogP contribution in [0.15, 0.2) is 60.5 Å². The molecule has 0 amide bonds. The van der Waals surface area contributed by atoms with Crippen molar-refractivity contribution in [1.82, 2.24) is 14.8 Å². The summed E-state index contributed by atoms with van der Waals surface area (Å²) in [4.78, 5) is 26.7. The van der Waals surface area contributed by atoms with Crippen molar-refractivity contribution in [2.75, 3.05) is 38.3 Å². The van der Waals surface area contributed by atoms with Gasteiger partial charge < -0.3 is 33.6 Å². The molecule has 0 spiro atoms. The quantitative estimate of drug-likeness (QED) is 0.233. The molecular formula is C28H31N4O7PS. The van der Waals surface area contributed by atoms with Gasteiger partial charge in [-0.2, -0.15) is 0 Å². The Balaban J connectivity index is 1.27. The molecule has 4 aromatic rings. The van der Waals surface area contributed by atoms with Crippen molar-refractivity contribution in [2.45, 2.75) is 20.1 Å². The first-order chi connectivity index (χ1) is 19.8. The Kier molecular flexibility index (Phi) is 9.06. The van der Waals surface area contributed by atoms with E-state index < -0.39 is 7.60 Å². The number of para-hydroxylation sites is 1. The molecule has 0 unspecified atom stereocenters. The van der Waals surface area contributed by atoms with Gasteiger partial charge in [-0.1, -0.05) is 24.3 Å². The molecule has 0 saturated carbocycles. The summed E-state index contributed by atoms with van der Waals surface area (Å²) in [6, 6.07) is 14.9. The summed E-state index contributed by atoms with van der Waals surface area (Å²) in [6.45, 7) is 5.58. The molecule has 1 fully saturated rings. The van der Waals surface area contributed by atoms with Crippen LogP contribution in [0, 0.1) is 6.92 Å². The van der Waals surface area contributed by atoms with Crippen molar-refractivity contribution in [1.29, 1.82) is 0 Å². The molecule has 41 heavy (non-hydrogen) atoms. The van der Waals surface area contributed by atoms with Crippen molar-refractivity contribution >= 4 is 30.1 Å². The number of hydrogen-bond donors (Lipinski definition) is 2. The molecule has 0 bridgehead atoms. The Morgan fingerprint density at radius 3 is 2.59 bits per heavy atom. The topological polar surface area (TPSA) is 128 Å². The second-order valence-corrected chi connectivity index (χ2v) is 11.9. The molecule has 0 radical (unpaired) electrons. The van der Waals surface area contributed by atoms with Crippen molar-refractivity contribution in [3.8, 4) is 23.1 Å². The Morgan fingerprint density at radius 1 is 1.07 bits per heavy atom. The highest BCUT2D eigenvalue weighted by atomic mass is 32.1. The van der Waals surface area contributed by atoms with E-state index in [1.807, 2.05) is 55.5 Å². The van der Waals surface area contributed by atoms with Crippen molar-refractivity contribution < 1.29 is 33.3 Å². The van der Waals surface area contributed by atoms with Gasteiger partial charge in [-0.25, -0.2) is 9.67 Å². The molecule has 11 nitrogen and oxygen atoms in total. The maximum Gasteiger partial charge on any atom is 0.349 e. The number of anilines is 1. The van der Waals surface area contributed by atoms with Gasteiger partial charge in [0, 0.05) is 30.0 Å². The van der Waals surface area contributed by atoms with E-state index in [1.165, 1.54) is 6.08 Å². The van der Waals surface area contributed by atoms with E-state index in [2.05, 4.69) is 10.00 Å². The summed E-state index contributed by atoms with van der Waals surface area (Å²) in [5, 5.41) is 5.46. The minimum atomic E-state index is -4.36. The number of thiazole rings is 1. The molecule has 2 aromatic heterocycles. The lowest BCUT2D eigenvalue weighted by atomic mass is 10.2. The highest BCUT2D eigenvalue weighted by molar-refractivity contribution is 7.55. The zero-order chi connectivity index (χ0) is 28.8. The van der Waals surface area contributed by atoms with Gasteiger partial charge >= 0.3 is 7.60 Å². The molecule has 1 saturated heterocycles. The molecule has 1 aliphatic heterocycles. The van der Waals surface area contributed by atoms with E-state index in [9.17, 15) is 14.4 Å². The summed E-state index contributed by atoms with van der Waals surface area (Å²) in [7, 11) is -2.79. The Bertz CT molecular complexity index is 1540. The third-order valence-corrected chi connectivity index (χ3v) is 7.92. The van der Waals surface area contributed by atoms with Crippen molar-refractivity contribution in [3.63, 3.8) is 0 Å². The van der Waals surface area contributed by atoms with Crippen LogP contribution in [0.2, 0.25) is 0 Å². The van der Waals surface area contributed by atoms with Gasteiger partial charge in [0.25, 0.3) is 0 Å². The number of aryl methyl sites for hydroxylation is 1. The zero-order valence-electron chi connectivity index (χ0n) is 22.7. The number of hydrogen-bond acceptors (Lipinski definition) is 9. The monoisotopic (exact) mass is 598 g/mol. The lowest BCUT2D eigenvalue weighted by molar-refractivity contribution is 0.122. The first-order valence-corrected chi connectivity index (χ1v) is 15.4. The highest BCUT2D eigenvalue weighted by Gasteiger charge is 2.18. The SMILES string of the molecule is COc1cc(COc2nn(-c3ccccc3)cc2C=CP(=O)(O)O)ccc1OCc1nc(N2CCOCC2)sc1C. The van der Waals surface area contributed by atoms with Gasteiger partial charge in [0.15, 0.2) is 16.6 Å². The molecule has 216 valence electrons. The van der Waals surface area contributed by atoms with Crippen LogP contribution in [0.25, 0.3) is 11.8 Å². The predicted octanol–water partition coefficient (Wildman–Crippen LogP) is 4.79. The summed E-state index contributed by atoms with van der Waals surface area (Å²) in [6.07, 6.45) is 2.96. The van der Waals surface area contributed by atoms with Crippen LogP contribution in [-0.4, -0.2) is 58.0 Å². The molecule has 5 rings (SSSR count). The smallest absolute Gasteiger partial charge is 0.349 e. The lowest BCUT2D eigenvalue weighted by Crippen LogP contribution is -2.36. The van der Waals surface area contributed by atoms with Gasteiger partial charge in [0.05, 0.1) is 37.3 Å². The van der Waals surface area contributed by atoms with Gasteiger partial charge in [0.2, 0.25) is 5.88 Å². The maximum absolute atomic E-state index is 11.4. The molecule has 3 heterocycles. The molecular weight excluding hydrogens is 567 g/mol. The zero-order valence-corrected chi connectivity index (χ0v) is 24.4. The predicted molar refractivity (Wildman–Crippen MR) is 156 cm³/mol. The Morgan fingerprint density at radius 2 is 1.85 bits per heavy atom. The van der Waals surface area contributed by atoms with Crippen LogP contribution >= 0.6 is 18.9 Å². The van der Waals surface area contributed by atoms with E-state index >= 15 is 0 Å². The van der Waals surface area contributed by atoms with Gasteiger partial charge in [-0.3, -0.25) is 4.57 Å². The van der Waals surface area contributed by atoms with Crippen molar-refractivity contribution in [3.05, 3.63) is 82.2 Å². The molecule has 1 aliphatic rings. The fourth-order valence-corrected chi connectivity index (χ4v) is 5.46. The first kappa shape index (κ1) is 28.8. The number of methoxy groups -OCH3 is 1. The van der Waals surface area contributed by atoms with Gasteiger partial charge in [-0.15, -0.1) is 16.4 Å². The fraction of sp³-hybridized carbons (Fsp3) is 0.286. The summed E-state index contributed by atoms with van der Waals surface area (Å²) in [5.41, 5.74) is 2.90. The number of aromatic nitrogens is 3. The van der Waals surface area contributed by atoms with Gasteiger partial charge in [-0.05, 0) is 42.8 Å². The summed E-state index contributed by atoms with van der Waals surface area (Å²) < 4.78 is 36.1. The lowest BCUT2D eigenvalue weighted by Gasteiger charge is -2.26. The van der Waals surface area contributed by atoms with Crippen LogP contribution in [0.1, 0.15) is 21.7 Å². The number of benzene rings is 2. The molecule has 0 aliphatic carbocycles. The number of ether oxygens (including phenoxy) is 4. The van der Waals surface area contributed by atoms with E-state index in [4.69, 9.17) is 23.9 Å². The summed E-state index contributed by atoms with van der Waals surface area (Å²) >= 11 is 1.65. The van der Waals surface area contributed by atoms with Crippen LogP contribution in [0.3, 0.4) is 0 Å². The molecule has 13 heteroatoms. The van der Waals surface area contributed by atoms with E-state index in [0.717, 1.165) is 45.9 Å². The fourth-order valence-electron chi connectivity index (χ4n) is 4.14. The Labute approximate surface area is 241 Å². The van der Waals surface area contributed by atoms with Crippen LogP contribution in [0.5, 0.6) is 17.4 Å². The maximum atomic E-state index is 11.4. The molecule has 2 N–H and O–H groups in total. The summed E-state index contributed by atoms with van der Waals surface area (Å²) in [5.74, 6) is 2.18. The third kappa shape index (κ3) is 7.55. The largest absolute Gasteiger partial charge is 0.493 e. The Hall–Kier alpha value is -3.67. The van der Waals surface area contributed by atoms with Crippen molar-refractivity contribution in [2.24, 2.45) is 0 Å².